The van der Waals surface area contributed by atoms with Crippen LogP contribution in [0.15, 0.2) is 35.6 Å². The minimum Gasteiger partial charge on any atom is -0.386 e. The van der Waals surface area contributed by atoms with Crippen molar-refractivity contribution in [1.29, 1.82) is 0 Å². The summed E-state index contributed by atoms with van der Waals surface area (Å²) in [6, 6.07) is 4.21. The summed E-state index contributed by atoms with van der Waals surface area (Å²) in [6.07, 6.45) is 2.88. The van der Waals surface area contributed by atoms with Crippen molar-refractivity contribution in [3.8, 4) is 0 Å². The van der Waals surface area contributed by atoms with Crippen LogP contribution in [-0.2, 0) is 21.8 Å². The highest BCUT2D eigenvalue weighted by Gasteiger charge is 2.60. The summed E-state index contributed by atoms with van der Waals surface area (Å²) in [5, 5.41) is 0. The number of halogens is 1. The lowest BCUT2D eigenvalue weighted by atomic mass is 9.89. The normalized spacial score (nSPS) is 24.5. The van der Waals surface area contributed by atoms with Crippen molar-refractivity contribution in [1.82, 2.24) is 14.9 Å². The van der Waals surface area contributed by atoms with Gasteiger partial charge in [-0.2, -0.15) is 0 Å². The fourth-order valence-electron chi connectivity index (χ4n) is 4.30. The molecule has 10 heteroatoms. The molecule has 1 fully saturated rings. The number of nitrogens with zero attached hydrogens (tertiary/aromatic N) is 4. The fraction of sp³-hybridized carbons (Fsp3) is 0.429. The van der Waals surface area contributed by atoms with E-state index >= 15 is 0 Å². The summed E-state index contributed by atoms with van der Waals surface area (Å²) in [6.45, 7) is 3.87. The van der Waals surface area contributed by atoms with Gasteiger partial charge in [0.15, 0.2) is 20.4 Å². The molecule has 0 bridgehead atoms. The number of nitrogens with two attached hydrogens (primary N) is 1. The van der Waals surface area contributed by atoms with Gasteiger partial charge in [-0.25, -0.2) is 17.8 Å². The zero-order chi connectivity index (χ0) is 22.6. The molecule has 3 heterocycles. The molecular weight excluding hydrogens is 421 g/mol. The summed E-state index contributed by atoms with van der Waals surface area (Å²) < 4.78 is 39.9. The van der Waals surface area contributed by atoms with E-state index in [0.717, 1.165) is 0 Å². The molecule has 1 saturated heterocycles. The minimum absolute atomic E-state index is 0.00941. The maximum Gasteiger partial charge on any atom is 0.187 e. The van der Waals surface area contributed by atoms with Gasteiger partial charge < -0.3 is 10.6 Å². The van der Waals surface area contributed by atoms with E-state index in [1.807, 2.05) is 4.90 Å². The zero-order valence-electron chi connectivity index (χ0n) is 17.6. The molecule has 0 saturated carbocycles. The van der Waals surface area contributed by atoms with E-state index < -0.39 is 25.9 Å². The molecule has 1 spiro atoms. The first-order valence-corrected chi connectivity index (χ1v) is 11.5. The number of carbonyl (C=O) groups excluding carboxylic acids is 1. The van der Waals surface area contributed by atoms with Gasteiger partial charge in [-0.1, -0.05) is 6.07 Å². The van der Waals surface area contributed by atoms with Crippen molar-refractivity contribution in [3.63, 3.8) is 0 Å². The van der Waals surface area contributed by atoms with Gasteiger partial charge in [-0.05, 0) is 38.6 Å². The highest BCUT2D eigenvalue weighted by molar-refractivity contribution is 7.93. The second kappa shape index (κ2) is 7.16. The molecule has 31 heavy (non-hydrogen) atoms. The highest BCUT2D eigenvalue weighted by Crippen LogP contribution is 2.41. The van der Waals surface area contributed by atoms with E-state index in [0.29, 0.717) is 11.3 Å². The van der Waals surface area contributed by atoms with E-state index in [2.05, 4.69) is 15.0 Å². The molecule has 2 aliphatic rings. The Morgan fingerprint density at radius 3 is 2.55 bits per heavy atom. The van der Waals surface area contributed by atoms with Crippen molar-refractivity contribution in [2.24, 2.45) is 10.7 Å². The second-order valence-electron chi connectivity index (χ2n) is 8.65. The van der Waals surface area contributed by atoms with E-state index in [1.54, 1.807) is 20.9 Å². The van der Waals surface area contributed by atoms with Crippen molar-refractivity contribution in [3.05, 3.63) is 58.9 Å². The molecule has 2 aliphatic heterocycles. The Hall–Kier alpha value is -2.72. The van der Waals surface area contributed by atoms with Crippen LogP contribution in [0.2, 0.25) is 0 Å². The topological polar surface area (TPSA) is 119 Å². The number of aryl methyl sites for hydroxylation is 1. The van der Waals surface area contributed by atoms with Gasteiger partial charge in [0.2, 0.25) is 0 Å². The largest absolute Gasteiger partial charge is 0.386 e. The monoisotopic (exact) mass is 445 g/mol. The Bertz CT molecular complexity index is 1190. The number of amidine groups is 1. The molecular formula is C21H24FN5O3S. The highest BCUT2D eigenvalue weighted by atomic mass is 32.2. The first-order valence-electron chi connectivity index (χ1n) is 9.83. The Labute approximate surface area is 180 Å². The third-order valence-corrected chi connectivity index (χ3v) is 8.59. The van der Waals surface area contributed by atoms with Gasteiger partial charge in [-0.3, -0.25) is 14.8 Å². The van der Waals surface area contributed by atoms with E-state index in [4.69, 9.17) is 5.73 Å². The quantitative estimate of drug-likeness (QED) is 0.698. The first kappa shape index (κ1) is 21.5. The molecule has 1 aromatic heterocycles. The SMILES string of the molecule is Cc1cnc(C(=O)Cc2ccc(F)c([C@]3(C)CS(=O)(=O)C4(CN(C)C4)C(N)=N3)c2)cn1. The third-order valence-electron chi connectivity index (χ3n) is 5.99. The molecule has 1 atom stereocenters. The number of benzene rings is 1. The zero-order valence-corrected chi connectivity index (χ0v) is 18.4. The first-order chi connectivity index (χ1) is 14.5. The van der Waals surface area contributed by atoms with E-state index in [1.165, 1.54) is 30.6 Å². The fourth-order valence-corrected chi connectivity index (χ4v) is 6.73. The number of hydrogen-bond acceptors (Lipinski definition) is 8. The number of aromatic nitrogens is 2. The summed E-state index contributed by atoms with van der Waals surface area (Å²) in [5.41, 5.74) is 6.28. The average Bonchev–Trinajstić information content (AvgIpc) is 2.65. The van der Waals surface area contributed by atoms with Gasteiger partial charge in [0.1, 0.15) is 22.9 Å². The van der Waals surface area contributed by atoms with Gasteiger partial charge >= 0.3 is 0 Å². The molecule has 2 N–H and O–H groups in total. The Balaban J connectivity index is 1.68. The van der Waals surface area contributed by atoms with Crippen LogP contribution in [0, 0.1) is 12.7 Å². The number of rotatable bonds is 4. The summed E-state index contributed by atoms with van der Waals surface area (Å²) >= 11 is 0. The summed E-state index contributed by atoms with van der Waals surface area (Å²) in [4.78, 5) is 27.0. The van der Waals surface area contributed by atoms with Crippen molar-refractivity contribution >= 4 is 21.5 Å². The minimum atomic E-state index is -3.67. The number of likely N-dealkylation sites (tertiary alicyclic amines) is 1. The molecule has 1 aromatic carbocycles. The van der Waals surface area contributed by atoms with Crippen molar-refractivity contribution < 1.29 is 17.6 Å². The lowest BCUT2D eigenvalue weighted by Crippen LogP contribution is -2.73. The maximum atomic E-state index is 14.8. The predicted octanol–water partition coefficient (Wildman–Crippen LogP) is 1.03. The number of Topliss-reactive ketones (excluding diaryl/α,β-unsaturated/α-hetero) is 1. The molecule has 0 radical (unpaired) electrons. The number of aliphatic imine (C=N–C) groups is 1. The average molecular weight is 446 g/mol. The lowest BCUT2D eigenvalue weighted by molar-refractivity contribution is 0.0987. The lowest BCUT2D eigenvalue weighted by Gasteiger charge is -2.51. The Kier molecular flexibility index (Phi) is 4.97. The van der Waals surface area contributed by atoms with Crippen LogP contribution in [0.25, 0.3) is 0 Å². The molecule has 0 amide bonds. The molecule has 8 nitrogen and oxygen atoms in total. The molecule has 4 rings (SSSR count). The van der Waals surface area contributed by atoms with Crippen LogP contribution in [0.5, 0.6) is 0 Å². The van der Waals surface area contributed by atoms with Gasteiger partial charge in [0.05, 0.1) is 17.6 Å². The smallest absolute Gasteiger partial charge is 0.187 e. The maximum absolute atomic E-state index is 14.8. The number of carbonyl (C=O) groups is 1. The van der Waals surface area contributed by atoms with E-state index in [9.17, 15) is 17.6 Å². The predicted molar refractivity (Wildman–Crippen MR) is 114 cm³/mol. The van der Waals surface area contributed by atoms with Gasteiger partial charge in [0.25, 0.3) is 0 Å². The van der Waals surface area contributed by atoms with Crippen LogP contribution in [-0.4, -0.2) is 65.5 Å². The van der Waals surface area contributed by atoms with Crippen LogP contribution in [0.1, 0.15) is 34.2 Å². The van der Waals surface area contributed by atoms with Crippen molar-refractivity contribution in [2.45, 2.75) is 30.6 Å². The second-order valence-corrected chi connectivity index (χ2v) is 11.0. The standard InChI is InChI=1S/C21H24FN5O3S/c1-13-8-25-17(9-24-13)18(28)7-14-4-5-16(22)15(6-14)20(2)12-31(29,30)21(19(23)26-20)10-27(3)11-21/h4-6,8-9H,7,10-12H2,1-3H3,(H2,23,26)/t20-/m0/s1. The molecule has 2 aromatic rings. The summed E-state index contributed by atoms with van der Waals surface area (Å²) in [7, 11) is -1.87. The molecule has 0 unspecified atom stereocenters. The van der Waals surface area contributed by atoms with Crippen LogP contribution >= 0.6 is 0 Å². The summed E-state index contributed by atoms with van der Waals surface area (Å²) in [5.74, 6) is -1.21. The van der Waals surface area contributed by atoms with Crippen LogP contribution in [0.3, 0.4) is 0 Å². The molecule has 164 valence electrons. The third kappa shape index (κ3) is 3.53. The van der Waals surface area contributed by atoms with Crippen molar-refractivity contribution in [2.75, 3.05) is 25.9 Å². The number of sulfone groups is 1. The number of hydrogen-bond donors (Lipinski definition) is 1. The Morgan fingerprint density at radius 2 is 1.97 bits per heavy atom. The molecule has 0 aliphatic carbocycles. The van der Waals surface area contributed by atoms with Gasteiger partial charge in [-0.15, -0.1) is 0 Å². The van der Waals surface area contributed by atoms with Gasteiger partial charge in [0, 0.05) is 31.3 Å². The number of ketones is 1. The van der Waals surface area contributed by atoms with E-state index in [-0.39, 0.29) is 48.1 Å². The Morgan fingerprint density at radius 1 is 1.26 bits per heavy atom. The van der Waals surface area contributed by atoms with Crippen LogP contribution in [0.4, 0.5) is 4.39 Å². The van der Waals surface area contributed by atoms with Crippen LogP contribution < -0.4 is 5.73 Å².